The van der Waals surface area contributed by atoms with Gasteiger partial charge in [-0.25, -0.2) is 9.37 Å². The van der Waals surface area contributed by atoms with E-state index in [-0.39, 0.29) is 42.5 Å². The van der Waals surface area contributed by atoms with Gasteiger partial charge in [-0.3, -0.25) is 9.69 Å². The molecule has 0 aliphatic carbocycles. The molecule has 1 aromatic carbocycles. The van der Waals surface area contributed by atoms with Crippen LogP contribution < -0.4 is 20.3 Å². The van der Waals surface area contributed by atoms with Crippen molar-refractivity contribution in [1.29, 1.82) is 0 Å². The summed E-state index contributed by atoms with van der Waals surface area (Å²) in [7, 11) is 0. The lowest BCUT2D eigenvalue weighted by molar-refractivity contribution is -0.0159. The Hall–Kier alpha value is -2.43. The topological polar surface area (TPSA) is 88.9 Å². The third-order valence-corrected chi connectivity index (χ3v) is 7.11. The van der Waals surface area contributed by atoms with Gasteiger partial charge < -0.3 is 24.5 Å². The zero-order valence-corrected chi connectivity index (χ0v) is 21.2. The molecule has 0 spiro atoms. The van der Waals surface area contributed by atoms with Crippen molar-refractivity contribution >= 4 is 35.7 Å². The number of piperidine rings is 1. The number of hydrogen-bond donors (Lipinski definition) is 2. The van der Waals surface area contributed by atoms with Crippen molar-refractivity contribution in [1.82, 2.24) is 19.8 Å². The summed E-state index contributed by atoms with van der Waals surface area (Å²) in [5.41, 5.74) is 0.160. The number of aliphatic hydroxyl groups is 1. The molecule has 3 aromatic rings. The molecule has 1 saturated heterocycles. The minimum atomic E-state index is -1.42. The molecular formula is C25H29Cl2FN4O4. The number of nitrogens with one attached hydrogen (secondary N) is 1. The van der Waals surface area contributed by atoms with Crippen LogP contribution in [0.1, 0.15) is 24.0 Å². The first-order valence-electron chi connectivity index (χ1n) is 11.8. The molecule has 11 heteroatoms. The molecule has 36 heavy (non-hydrogen) atoms. The molecular weight excluding hydrogens is 510 g/mol. The monoisotopic (exact) mass is 538 g/mol. The van der Waals surface area contributed by atoms with Gasteiger partial charge in [0.2, 0.25) is 0 Å². The number of aromatic nitrogens is 2. The number of ether oxygens (including phenoxy) is 2. The lowest BCUT2D eigenvalue weighted by Gasteiger charge is -2.37. The second-order valence-corrected chi connectivity index (χ2v) is 9.42. The fraction of sp³-hybridized carbons (Fsp3) is 0.440. The Kier molecular flexibility index (Phi) is 7.78. The van der Waals surface area contributed by atoms with Crippen LogP contribution in [0.25, 0.3) is 10.9 Å². The van der Waals surface area contributed by atoms with Crippen molar-refractivity contribution < 1.29 is 19.0 Å². The summed E-state index contributed by atoms with van der Waals surface area (Å²) in [6.45, 7) is 3.68. The third-order valence-electron chi connectivity index (χ3n) is 7.11. The van der Waals surface area contributed by atoms with Crippen LogP contribution >= 0.6 is 24.8 Å². The number of hydrogen-bond acceptors (Lipinski definition) is 7. The van der Waals surface area contributed by atoms with Gasteiger partial charge in [-0.05, 0) is 61.1 Å². The van der Waals surface area contributed by atoms with Gasteiger partial charge in [0.1, 0.15) is 24.6 Å². The van der Waals surface area contributed by atoms with E-state index in [0.29, 0.717) is 49.5 Å². The Morgan fingerprint density at radius 1 is 1.14 bits per heavy atom. The van der Waals surface area contributed by atoms with Gasteiger partial charge in [-0.2, -0.15) is 0 Å². The zero-order valence-electron chi connectivity index (χ0n) is 19.6. The van der Waals surface area contributed by atoms with Crippen molar-refractivity contribution in [2.45, 2.75) is 37.6 Å². The van der Waals surface area contributed by atoms with Gasteiger partial charge in [-0.15, -0.1) is 24.8 Å². The average molecular weight is 539 g/mol. The molecule has 0 saturated carbocycles. The summed E-state index contributed by atoms with van der Waals surface area (Å²) in [6, 6.07) is 8.51. The molecule has 2 aromatic heterocycles. The van der Waals surface area contributed by atoms with E-state index in [0.717, 1.165) is 36.9 Å². The van der Waals surface area contributed by atoms with E-state index >= 15 is 0 Å². The predicted octanol–water partition coefficient (Wildman–Crippen LogP) is 2.61. The highest BCUT2D eigenvalue weighted by Gasteiger charge is 2.42. The first-order chi connectivity index (χ1) is 16.5. The van der Waals surface area contributed by atoms with Crippen LogP contribution in [-0.4, -0.2) is 58.4 Å². The summed E-state index contributed by atoms with van der Waals surface area (Å²) < 4.78 is 27.4. The molecule has 0 bridgehead atoms. The molecule has 1 atom stereocenters. The summed E-state index contributed by atoms with van der Waals surface area (Å²) in [5, 5.41) is 15.9. The second kappa shape index (κ2) is 10.5. The van der Waals surface area contributed by atoms with E-state index in [2.05, 4.69) is 15.2 Å². The Bertz CT molecular complexity index is 1320. The van der Waals surface area contributed by atoms with Crippen molar-refractivity contribution in [2.75, 3.05) is 32.8 Å². The van der Waals surface area contributed by atoms with Crippen LogP contribution in [0.15, 0.2) is 41.3 Å². The Morgan fingerprint density at radius 3 is 2.69 bits per heavy atom. The highest BCUT2D eigenvalue weighted by molar-refractivity contribution is 5.86. The predicted molar refractivity (Wildman–Crippen MR) is 138 cm³/mol. The van der Waals surface area contributed by atoms with E-state index in [1.54, 1.807) is 18.3 Å². The van der Waals surface area contributed by atoms with Crippen LogP contribution in [0.5, 0.6) is 11.6 Å². The van der Waals surface area contributed by atoms with Crippen molar-refractivity contribution in [3.8, 4) is 11.6 Å². The summed E-state index contributed by atoms with van der Waals surface area (Å²) >= 11 is 0. The van der Waals surface area contributed by atoms with E-state index in [4.69, 9.17) is 9.47 Å². The summed E-state index contributed by atoms with van der Waals surface area (Å²) in [6.07, 6.45) is 3.63. The molecule has 2 N–H and O–H groups in total. The smallest absolute Gasteiger partial charge is 0.257 e. The summed E-state index contributed by atoms with van der Waals surface area (Å²) in [4.78, 5) is 18.9. The second-order valence-electron chi connectivity index (χ2n) is 9.42. The van der Waals surface area contributed by atoms with E-state index in [1.807, 2.05) is 6.07 Å². The molecule has 6 rings (SSSR count). The maximum Gasteiger partial charge on any atom is 0.257 e. The Morgan fingerprint density at radius 2 is 1.89 bits per heavy atom. The fourth-order valence-corrected chi connectivity index (χ4v) is 5.44. The van der Waals surface area contributed by atoms with Crippen molar-refractivity contribution in [3.05, 3.63) is 63.8 Å². The molecule has 1 unspecified atom stereocenters. The standard InChI is InChI=1S/C25H27FN4O4.2ClH/c26-19-3-1-17-2-4-21(31)30-15-25(32,22(19)23(17)30)14-29-7-5-18(6-8-29)27-12-16-11-20-24(28-13-16)34-10-9-33-20;;/h1-4,11,13,18,27,32H,5-10,12,14-15H2;2*1H. The number of nitrogens with zero attached hydrogens (tertiary/aromatic N) is 3. The third kappa shape index (κ3) is 4.78. The maximum absolute atomic E-state index is 14.8. The van der Waals surface area contributed by atoms with E-state index in [9.17, 15) is 14.3 Å². The minimum Gasteiger partial charge on any atom is -0.484 e. The summed E-state index contributed by atoms with van der Waals surface area (Å²) in [5.74, 6) is 0.772. The van der Waals surface area contributed by atoms with E-state index < -0.39 is 11.4 Å². The first-order valence-corrected chi connectivity index (χ1v) is 11.8. The zero-order chi connectivity index (χ0) is 23.3. The van der Waals surface area contributed by atoms with Crippen LogP contribution in [0, 0.1) is 5.82 Å². The lowest BCUT2D eigenvalue weighted by Crippen LogP contribution is -2.48. The van der Waals surface area contributed by atoms with Gasteiger partial charge in [0, 0.05) is 37.0 Å². The number of β-amino-alcohol motifs (C(OH)–C–C–N with tert-alkyl or cyclic N) is 1. The number of benzene rings is 1. The Balaban J connectivity index is 0.00000152. The number of fused-ring (bicyclic) bond motifs is 1. The average Bonchev–Trinajstić information content (AvgIpc) is 3.17. The van der Waals surface area contributed by atoms with Gasteiger partial charge in [0.15, 0.2) is 5.75 Å². The van der Waals surface area contributed by atoms with Crippen molar-refractivity contribution in [3.63, 3.8) is 0 Å². The number of halogens is 3. The van der Waals surface area contributed by atoms with Gasteiger partial charge in [0.25, 0.3) is 11.4 Å². The molecule has 8 nitrogen and oxygen atoms in total. The first kappa shape index (κ1) is 26.6. The molecule has 5 heterocycles. The van der Waals surface area contributed by atoms with Crippen LogP contribution in [-0.2, 0) is 18.7 Å². The van der Waals surface area contributed by atoms with Crippen LogP contribution in [0.2, 0.25) is 0 Å². The fourth-order valence-electron chi connectivity index (χ4n) is 5.44. The highest BCUT2D eigenvalue weighted by Crippen LogP contribution is 2.38. The maximum atomic E-state index is 14.8. The SMILES string of the molecule is Cl.Cl.O=c1ccc2ccc(F)c3c2n1CC3(O)CN1CCC(NCc2cnc3c(c2)OCCO3)CC1. The molecule has 3 aliphatic heterocycles. The number of pyridine rings is 2. The molecule has 3 aliphatic rings. The van der Waals surface area contributed by atoms with Gasteiger partial charge in [0.05, 0.1) is 12.1 Å². The van der Waals surface area contributed by atoms with Crippen LogP contribution in [0.4, 0.5) is 4.39 Å². The van der Waals surface area contributed by atoms with Crippen molar-refractivity contribution in [2.24, 2.45) is 0 Å². The molecule has 0 amide bonds. The number of likely N-dealkylation sites (tertiary alicyclic amines) is 1. The largest absolute Gasteiger partial charge is 0.484 e. The number of rotatable bonds is 5. The molecule has 1 fully saturated rings. The van der Waals surface area contributed by atoms with Gasteiger partial charge >= 0.3 is 0 Å². The molecule has 194 valence electrons. The molecule has 0 radical (unpaired) electrons. The van der Waals surface area contributed by atoms with E-state index in [1.165, 1.54) is 16.7 Å². The quantitative estimate of drug-likeness (QED) is 0.516. The van der Waals surface area contributed by atoms with Crippen LogP contribution in [0.3, 0.4) is 0 Å². The minimum absolute atomic E-state index is 0. The Labute approximate surface area is 220 Å². The van der Waals surface area contributed by atoms with Gasteiger partial charge in [-0.1, -0.05) is 0 Å². The lowest BCUT2D eigenvalue weighted by atomic mass is 9.92. The highest BCUT2D eigenvalue weighted by atomic mass is 35.5. The normalized spacial score (nSPS) is 21.2.